The fourth-order valence-electron chi connectivity index (χ4n) is 2.48. The lowest BCUT2D eigenvalue weighted by Crippen LogP contribution is -2.58. The molecule has 2 unspecified atom stereocenters. The Morgan fingerprint density at radius 1 is 1.47 bits per heavy atom. The Labute approximate surface area is 100 Å². The average molecular weight is 242 g/mol. The van der Waals surface area contributed by atoms with Crippen LogP contribution in [0.15, 0.2) is 0 Å². The molecule has 2 aliphatic heterocycles. The highest BCUT2D eigenvalue weighted by atomic mass is 16.5. The topological polar surface area (TPSA) is 70.1 Å². The smallest absolute Gasteiger partial charge is 0.334 e. The van der Waals surface area contributed by atoms with Gasteiger partial charge in [-0.1, -0.05) is 0 Å². The van der Waals surface area contributed by atoms with Gasteiger partial charge in [0.25, 0.3) is 0 Å². The van der Waals surface area contributed by atoms with Crippen molar-refractivity contribution in [1.29, 1.82) is 0 Å². The molecular weight excluding hydrogens is 224 g/mol. The van der Waals surface area contributed by atoms with Gasteiger partial charge in [-0.25, -0.2) is 4.79 Å². The summed E-state index contributed by atoms with van der Waals surface area (Å²) in [4.78, 5) is 26.5. The van der Waals surface area contributed by atoms with E-state index in [0.717, 1.165) is 25.8 Å². The maximum Gasteiger partial charge on any atom is 0.334 e. The molecule has 0 aromatic heterocycles. The van der Waals surface area contributed by atoms with E-state index in [9.17, 15) is 9.59 Å². The number of nitrogens with zero attached hydrogens (tertiary/aromatic N) is 2. The number of carbonyl (C=O) groups excluding carboxylic acids is 1. The van der Waals surface area contributed by atoms with Crippen LogP contribution in [0.1, 0.15) is 19.3 Å². The highest BCUT2D eigenvalue weighted by molar-refractivity contribution is 5.81. The minimum atomic E-state index is -0.999. The van der Waals surface area contributed by atoms with Crippen molar-refractivity contribution in [2.24, 2.45) is 0 Å². The number of carboxylic acids is 1. The van der Waals surface area contributed by atoms with Gasteiger partial charge in [0.1, 0.15) is 6.61 Å². The molecule has 1 amide bonds. The lowest BCUT2D eigenvalue weighted by atomic mass is 10.1. The second kappa shape index (κ2) is 5.01. The lowest BCUT2D eigenvalue weighted by Gasteiger charge is -2.43. The Bertz CT molecular complexity index is 321. The number of piperidine rings is 1. The first kappa shape index (κ1) is 12.3. The van der Waals surface area contributed by atoms with E-state index in [0.29, 0.717) is 0 Å². The van der Waals surface area contributed by atoms with Crippen LogP contribution in [0, 0.1) is 0 Å². The maximum absolute atomic E-state index is 11.8. The molecule has 2 fully saturated rings. The summed E-state index contributed by atoms with van der Waals surface area (Å²) in [5, 5.41) is 8.93. The van der Waals surface area contributed by atoms with E-state index in [2.05, 4.69) is 4.90 Å². The van der Waals surface area contributed by atoms with E-state index >= 15 is 0 Å². The molecule has 0 saturated carbocycles. The fraction of sp³-hybridized carbons (Fsp3) is 0.818. The molecule has 0 aromatic rings. The maximum atomic E-state index is 11.8. The molecule has 96 valence electrons. The number of rotatable bonds is 2. The first-order chi connectivity index (χ1) is 8.09. The minimum Gasteiger partial charge on any atom is -0.479 e. The molecule has 6 heteroatoms. The quantitative estimate of drug-likeness (QED) is 0.722. The van der Waals surface area contributed by atoms with Crippen LogP contribution in [0.2, 0.25) is 0 Å². The summed E-state index contributed by atoms with van der Waals surface area (Å²) in [6.45, 7) is 0.984. The van der Waals surface area contributed by atoms with E-state index in [4.69, 9.17) is 9.84 Å². The predicted molar refractivity (Wildman–Crippen MR) is 59.4 cm³/mol. The van der Waals surface area contributed by atoms with Crippen molar-refractivity contribution in [2.75, 3.05) is 26.7 Å². The predicted octanol–water partition coefficient (Wildman–Crippen LogP) is -0.260. The van der Waals surface area contributed by atoms with Gasteiger partial charge in [-0.05, 0) is 32.9 Å². The van der Waals surface area contributed by atoms with E-state index < -0.39 is 12.1 Å². The molecule has 0 spiro atoms. The summed E-state index contributed by atoms with van der Waals surface area (Å²) >= 11 is 0. The summed E-state index contributed by atoms with van der Waals surface area (Å²) in [5.74, 6) is -1.11. The van der Waals surface area contributed by atoms with Crippen molar-refractivity contribution in [3.05, 3.63) is 0 Å². The normalized spacial score (nSPS) is 31.6. The van der Waals surface area contributed by atoms with Gasteiger partial charge in [0.05, 0.1) is 12.7 Å². The van der Waals surface area contributed by atoms with Gasteiger partial charge in [0.15, 0.2) is 6.10 Å². The van der Waals surface area contributed by atoms with Crippen molar-refractivity contribution < 1.29 is 19.4 Å². The van der Waals surface area contributed by atoms with Gasteiger partial charge < -0.3 is 14.7 Å². The van der Waals surface area contributed by atoms with Gasteiger partial charge in [-0.2, -0.15) is 0 Å². The summed E-state index contributed by atoms with van der Waals surface area (Å²) in [6, 6.07) is 0. The second-order valence-electron chi connectivity index (χ2n) is 4.64. The zero-order chi connectivity index (χ0) is 12.4. The minimum absolute atomic E-state index is 0.0296. The van der Waals surface area contributed by atoms with Gasteiger partial charge in [-0.15, -0.1) is 0 Å². The van der Waals surface area contributed by atoms with Crippen LogP contribution in [-0.4, -0.2) is 65.8 Å². The van der Waals surface area contributed by atoms with Crippen LogP contribution in [0.5, 0.6) is 0 Å². The Balaban J connectivity index is 2.06. The number of amides is 1. The molecule has 0 aliphatic carbocycles. The summed E-state index contributed by atoms with van der Waals surface area (Å²) < 4.78 is 5.00. The van der Waals surface area contributed by atoms with Crippen molar-refractivity contribution in [3.63, 3.8) is 0 Å². The molecular formula is C11H18N2O4. The molecule has 0 bridgehead atoms. The van der Waals surface area contributed by atoms with Crippen LogP contribution in [0.4, 0.5) is 0 Å². The standard InChI is InChI=1S/C11H18N2O4/c1-12-5-3-2-4-9(12)13-6-8(11(15)16)17-7-10(13)14/h8-9H,2-7H2,1H3,(H,15,16). The largest absolute Gasteiger partial charge is 0.479 e. The van der Waals surface area contributed by atoms with Gasteiger partial charge in [0.2, 0.25) is 5.91 Å². The Hall–Kier alpha value is -1.14. The number of morpholine rings is 1. The third kappa shape index (κ3) is 2.58. The molecule has 2 aliphatic rings. The Kier molecular flexibility index (Phi) is 3.63. The zero-order valence-corrected chi connectivity index (χ0v) is 9.96. The van der Waals surface area contributed by atoms with Crippen LogP contribution >= 0.6 is 0 Å². The summed E-state index contributed by atoms with van der Waals surface area (Å²) in [6.07, 6.45) is 2.27. The SMILES string of the molecule is CN1CCCCC1N1CC(C(=O)O)OCC1=O. The average Bonchev–Trinajstić information content (AvgIpc) is 2.30. The molecule has 17 heavy (non-hydrogen) atoms. The van der Waals surface area contributed by atoms with Crippen molar-refractivity contribution in [1.82, 2.24) is 9.80 Å². The molecule has 2 saturated heterocycles. The molecule has 2 rings (SSSR count). The van der Waals surface area contributed by atoms with Crippen molar-refractivity contribution in [3.8, 4) is 0 Å². The third-order valence-corrected chi connectivity index (χ3v) is 3.46. The number of likely N-dealkylation sites (tertiary alicyclic amines) is 1. The fourth-order valence-corrected chi connectivity index (χ4v) is 2.48. The molecule has 1 N–H and O–H groups in total. The van der Waals surface area contributed by atoms with Crippen LogP contribution in [0.25, 0.3) is 0 Å². The van der Waals surface area contributed by atoms with Crippen LogP contribution in [-0.2, 0) is 14.3 Å². The molecule has 2 atom stereocenters. The molecule has 2 heterocycles. The number of hydrogen-bond acceptors (Lipinski definition) is 4. The van der Waals surface area contributed by atoms with Gasteiger partial charge in [-0.3, -0.25) is 9.69 Å². The monoisotopic (exact) mass is 242 g/mol. The number of carbonyl (C=O) groups is 2. The number of ether oxygens (including phenoxy) is 1. The van der Waals surface area contributed by atoms with Crippen molar-refractivity contribution >= 4 is 11.9 Å². The van der Waals surface area contributed by atoms with E-state index in [-0.39, 0.29) is 25.2 Å². The van der Waals surface area contributed by atoms with Crippen LogP contribution in [0.3, 0.4) is 0 Å². The Morgan fingerprint density at radius 2 is 2.24 bits per heavy atom. The van der Waals surface area contributed by atoms with E-state index in [1.807, 2.05) is 7.05 Å². The highest BCUT2D eigenvalue weighted by Crippen LogP contribution is 2.21. The summed E-state index contributed by atoms with van der Waals surface area (Å²) in [7, 11) is 1.97. The van der Waals surface area contributed by atoms with E-state index in [1.54, 1.807) is 4.90 Å². The molecule has 0 aromatic carbocycles. The first-order valence-electron chi connectivity index (χ1n) is 5.93. The number of aliphatic carboxylic acids is 1. The second-order valence-corrected chi connectivity index (χ2v) is 4.64. The van der Waals surface area contributed by atoms with Crippen molar-refractivity contribution in [2.45, 2.75) is 31.5 Å². The van der Waals surface area contributed by atoms with Crippen LogP contribution < -0.4 is 0 Å². The van der Waals surface area contributed by atoms with E-state index in [1.165, 1.54) is 0 Å². The Morgan fingerprint density at radius 3 is 2.88 bits per heavy atom. The summed E-state index contributed by atoms with van der Waals surface area (Å²) in [5.41, 5.74) is 0. The first-order valence-corrected chi connectivity index (χ1v) is 5.93. The van der Waals surface area contributed by atoms with Gasteiger partial charge >= 0.3 is 5.97 Å². The third-order valence-electron chi connectivity index (χ3n) is 3.46. The number of hydrogen-bond donors (Lipinski definition) is 1. The molecule has 6 nitrogen and oxygen atoms in total. The molecule has 0 radical (unpaired) electrons. The van der Waals surface area contributed by atoms with Gasteiger partial charge in [0, 0.05) is 0 Å². The number of carboxylic acid groups (broad SMARTS) is 1. The lowest BCUT2D eigenvalue weighted by molar-refractivity contribution is -0.171. The zero-order valence-electron chi connectivity index (χ0n) is 9.96. The highest BCUT2D eigenvalue weighted by Gasteiger charge is 2.36.